The van der Waals surface area contributed by atoms with Crippen molar-refractivity contribution in [1.29, 1.82) is 0 Å². The highest BCUT2D eigenvalue weighted by Crippen LogP contribution is 2.07. The average molecular weight is 407 g/mol. The van der Waals surface area contributed by atoms with E-state index in [4.69, 9.17) is 4.74 Å². The molecule has 0 aliphatic heterocycles. The van der Waals surface area contributed by atoms with E-state index in [2.05, 4.69) is 5.32 Å². The van der Waals surface area contributed by atoms with Crippen molar-refractivity contribution in [2.75, 3.05) is 5.32 Å². The fourth-order valence-electron chi connectivity index (χ4n) is 2.79. The molecule has 1 heterocycles. The van der Waals surface area contributed by atoms with Gasteiger partial charge < -0.3 is 10.1 Å². The summed E-state index contributed by atoms with van der Waals surface area (Å²) in [6.07, 6.45) is 0.291. The van der Waals surface area contributed by atoms with Crippen LogP contribution in [-0.4, -0.2) is 27.1 Å². The van der Waals surface area contributed by atoms with Crippen molar-refractivity contribution in [3.63, 3.8) is 0 Å². The Morgan fingerprint density at radius 2 is 1.60 bits per heavy atom. The highest BCUT2D eigenvalue weighted by Gasteiger charge is 2.19. The van der Waals surface area contributed by atoms with E-state index in [1.807, 2.05) is 30.3 Å². The van der Waals surface area contributed by atoms with E-state index >= 15 is 0 Å². The van der Waals surface area contributed by atoms with E-state index in [0.717, 1.165) is 10.1 Å². The average Bonchev–Trinajstić information content (AvgIpc) is 2.74. The SMILES string of the molecule is C[C@@H](OC(=O)Cn1c(=O)ccn(Cc2ccccc2)c1=O)C(=O)Nc1ccccc1. The van der Waals surface area contributed by atoms with E-state index in [-0.39, 0.29) is 6.54 Å². The zero-order valence-electron chi connectivity index (χ0n) is 16.4. The van der Waals surface area contributed by atoms with Crippen LogP contribution < -0.4 is 16.6 Å². The number of carbonyl (C=O) groups excluding carboxylic acids is 2. The lowest BCUT2D eigenvalue weighted by Gasteiger charge is -2.14. The van der Waals surface area contributed by atoms with E-state index in [1.165, 1.54) is 23.8 Å². The first kappa shape index (κ1) is 20.8. The minimum Gasteiger partial charge on any atom is -0.451 e. The molecule has 0 aliphatic carbocycles. The van der Waals surface area contributed by atoms with Gasteiger partial charge in [0.05, 0.1) is 6.54 Å². The summed E-state index contributed by atoms with van der Waals surface area (Å²) < 4.78 is 7.21. The lowest BCUT2D eigenvalue weighted by molar-refractivity contribution is -0.153. The smallest absolute Gasteiger partial charge is 0.331 e. The summed E-state index contributed by atoms with van der Waals surface area (Å²) in [7, 11) is 0. The van der Waals surface area contributed by atoms with Gasteiger partial charge in [0.15, 0.2) is 6.10 Å². The van der Waals surface area contributed by atoms with Gasteiger partial charge in [-0.25, -0.2) is 9.36 Å². The second-order valence-electron chi connectivity index (χ2n) is 6.62. The molecule has 1 aromatic heterocycles. The summed E-state index contributed by atoms with van der Waals surface area (Å²) in [6.45, 7) is 1.08. The van der Waals surface area contributed by atoms with Gasteiger partial charge in [-0.3, -0.25) is 19.0 Å². The molecule has 30 heavy (non-hydrogen) atoms. The molecule has 1 atom stereocenters. The summed E-state index contributed by atoms with van der Waals surface area (Å²) in [5.74, 6) is -1.38. The van der Waals surface area contributed by atoms with Gasteiger partial charge in [0.2, 0.25) is 0 Å². The Morgan fingerprint density at radius 3 is 2.27 bits per heavy atom. The maximum absolute atomic E-state index is 12.6. The second kappa shape index (κ2) is 9.51. The first-order valence-corrected chi connectivity index (χ1v) is 9.33. The molecule has 1 N–H and O–H groups in total. The highest BCUT2D eigenvalue weighted by molar-refractivity contribution is 5.95. The van der Waals surface area contributed by atoms with Crippen LogP contribution in [0.5, 0.6) is 0 Å². The lowest BCUT2D eigenvalue weighted by Crippen LogP contribution is -2.42. The first-order valence-electron chi connectivity index (χ1n) is 9.33. The zero-order valence-corrected chi connectivity index (χ0v) is 16.4. The van der Waals surface area contributed by atoms with Gasteiger partial charge in [0.25, 0.3) is 11.5 Å². The Hall–Kier alpha value is -3.94. The molecule has 2 aromatic carbocycles. The van der Waals surface area contributed by atoms with Gasteiger partial charge in [-0.2, -0.15) is 0 Å². The molecule has 0 saturated carbocycles. The van der Waals surface area contributed by atoms with Crippen LogP contribution in [0.15, 0.2) is 82.5 Å². The first-order chi connectivity index (χ1) is 14.4. The molecule has 0 unspecified atom stereocenters. The topological polar surface area (TPSA) is 99.4 Å². The fourth-order valence-corrected chi connectivity index (χ4v) is 2.79. The van der Waals surface area contributed by atoms with Crippen LogP contribution in [-0.2, 0) is 27.4 Å². The van der Waals surface area contributed by atoms with Gasteiger partial charge in [-0.05, 0) is 24.6 Å². The predicted molar refractivity (Wildman–Crippen MR) is 111 cm³/mol. The number of amides is 1. The Balaban J connectivity index is 1.67. The standard InChI is InChI=1S/C22H21N3O5/c1-16(21(28)23-18-10-6-3-7-11-18)30-20(27)15-25-19(26)12-13-24(22(25)29)14-17-8-4-2-5-9-17/h2-13,16H,14-15H2,1H3,(H,23,28)/t16-/m1/s1. The van der Waals surface area contributed by atoms with Crippen molar-refractivity contribution in [3.8, 4) is 0 Å². The van der Waals surface area contributed by atoms with Crippen molar-refractivity contribution in [2.45, 2.75) is 26.1 Å². The van der Waals surface area contributed by atoms with Crippen molar-refractivity contribution < 1.29 is 14.3 Å². The van der Waals surface area contributed by atoms with Crippen LogP contribution in [0.3, 0.4) is 0 Å². The predicted octanol–water partition coefficient (Wildman–Crippen LogP) is 1.63. The second-order valence-corrected chi connectivity index (χ2v) is 6.62. The maximum atomic E-state index is 12.6. The Bertz CT molecular complexity index is 1140. The number of benzene rings is 2. The summed E-state index contributed by atoms with van der Waals surface area (Å²) in [5.41, 5.74) is 0.180. The summed E-state index contributed by atoms with van der Waals surface area (Å²) >= 11 is 0. The molecule has 8 nitrogen and oxygen atoms in total. The number of esters is 1. The molecule has 154 valence electrons. The normalized spacial score (nSPS) is 11.5. The third kappa shape index (κ3) is 5.32. The van der Waals surface area contributed by atoms with E-state index in [9.17, 15) is 19.2 Å². The van der Waals surface area contributed by atoms with Crippen molar-refractivity contribution in [2.24, 2.45) is 0 Å². The van der Waals surface area contributed by atoms with E-state index in [0.29, 0.717) is 5.69 Å². The highest BCUT2D eigenvalue weighted by atomic mass is 16.5. The molecule has 0 fully saturated rings. The number of para-hydroxylation sites is 1. The molecule has 0 saturated heterocycles. The van der Waals surface area contributed by atoms with Gasteiger partial charge >= 0.3 is 11.7 Å². The minimum absolute atomic E-state index is 0.255. The third-order valence-electron chi connectivity index (χ3n) is 4.34. The van der Waals surface area contributed by atoms with Crippen LogP contribution >= 0.6 is 0 Å². The summed E-state index contributed by atoms with van der Waals surface area (Å²) in [4.78, 5) is 49.1. The number of hydrogen-bond donors (Lipinski definition) is 1. The van der Waals surface area contributed by atoms with E-state index in [1.54, 1.807) is 30.3 Å². The van der Waals surface area contributed by atoms with Crippen LogP contribution in [0.2, 0.25) is 0 Å². The van der Waals surface area contributed by atoms with Crippen molar-refractivity contribution in [1.82, 2.24) is 9.13 Å². The maximum Gasteiger partial charge on any atom is 0.331 e. The monoisotopic (exact) mass is 407 g/mol. The molecule has 0 aliphatic rings. The molecule has 0 spiro atoms. The van der Waals surface area contributed by atoms with Crippen molar-refractivity contribution >= 4 is 17.6 Å². The zero-order chi connectivity index (χ0) is 21.5. The molecule has 3 rings (SSSR count). The molecule has 8 heteroatoms. The molecule has 3 aromatic rings. The van der Waals surface area contributed by atoms with Crippen LogP contribution in [0.25, 0.3) is 0 Å². The van der Waals surface area contributed by atoms with E-state index < -0.39 is 35.8 Å². The number of aromatic nitrogens is 2. The molecule has 0 bridgehead atoms. The fraction of sp³-hybridized carbons (Fsp3) is 0.182. The van der Waals surface area contributed by atoms with Gasteiger partial charge in [0, 0.05) is 18.0 Å². The van der Waals surface area contributed by atoms with Gasteiger partial charge in [0.1, 0.15) is 6.54 Å². The quantitative estimate of drug-likeness (QED) is 0.600. The van der Waals surface area contributed by atoms with Crippen LogP contribution in [0, 0.1) is 0 Å². The van der Waals surface area contributed by atoms with Crippen LogP contribution in [0.1, 0.15) is 12.5 Å². The number of nitrogens with zero attached hydrogens (tertiary/aromatic N) is 2. The third-order valence-corrected chi connectivity index (χ3v) is 4.34. The Labute approximate surface area is 172 Å². The number of hydrogen-bond acceptors (Lipinski definition) is 5. The van der Waals surface area contributed by atoms with Gasteiger partial charge in [-0.1, -0.05) is 48.5 Å². The molecule has 1 amide bonds. The van der Waals surface area contributed by atoms with Crippen molar-refractivity contribution in [3.05, 3.63) is 99.3 Å². The summed E-state index contributed by atoms with van der Waals surface area (Å²) in [6, 6.07) is 19.2. The number of anilines is 1. The Kier molecular flexibility index (Phi) is 6.59. The molecular formula is C22H21N3O5. The molecule has 0 radical (unpaired) electrons. The molecular weight excluding hydrogens is 386 g/mol. The largest absolute Gasteiger partial charge is 0.451 e. The lowest BCUT2D eigenvalue weighted by atomic mass is 10.2. The minimum atomic E-state index is -1.09. The number of nitrogens with one attached hydrogen (secondary N) is 1. The summed E-state index contributed by atoms with van der Waals surface area (Å²) in [5, 5.41) is 2.62. The number of carbonyl (C=O) groups is 2. The number of ether oxygens (including phenoxy) is 1. The van der Waals surface area contributed by atoms with Crippen LogP contribution in [0.4, 0.5) is 5.69 Å². The number of rotatable bonds is 7. The van der Waals surface area contributed by atoms with Gasteiger partial charge in [-0.15, -0.1) is 0 Å². The Morgan fingerprint density at radius 1 is 0.967 bits per heavy atom.